The first kappa shape index (κ1) is 6.87. The summed E-state index contributed by atoms with van der Waals surface area (Å²) in [5, 5.41) is 1.02. The van der Waals surface area contributed by atoms with Crippen LogP contribution in [0.2, 0.25) is 0 Å². The van der Waals surface area contributed by atoms with Gasteiger partial charge in [-0.2, -0.15) is 0 Å². The van der Waals surface area contributed by atoms with Crippen LogP contribution in [0.1, 0.15) is 19.3 Å². The summed E-state index contributed by atoms with van der Waals surface area (Å²) in [6, 6.07) is 0. The highest BCUT2D eigenvalue weighted by molar-refractivity contribution is 7.63. The van der Waals surface area contributed by atoms with Gasteiger partial charge in [0.15, 0.2) is 0 Å². The van der Waals surface area contributed by atoms with Crippen molar-refractivity contribution >= 4 is 12.6 Å². The molecule has 0 aliphatic carbocycles. The third-order valence-corrected chi connectivity index (χ3v) is 2.12. The lowest BCUT2D eigenvalue weighted by Crippen LogP contribution is -2.15. The van der Waals surface area contributed by atoms with Crippen LogP contribution in [0.5, 0.6) is 0 Å². The lowest BCUT2D eigenvalue weighted by atomic mass is 10.2. The number of hydrogen-bond donors (Lipinski definition) is 0. The molecule has 0 fully saturated rings. The summed E-state index contributed by atoms with van der Waals surface area (Å²) >= 11 is 5.09. The summed E-state index contributed by atoms with van der Waals surface area (Å²) in [6.07, 6.45) is 5.89. The summed E-state index contributed by atoms with van der Waals surface area (Å²) in [5.41, 5.74) is 0. The molecule has 0 saturated carbocycles. The quantitative estimate of drug-likeness (QED) is 0.471. The topological polar surface area (TPSA) is 3.24 Å². The lowest BCUT2D eigenvalue weighted by Gasteiger charge is -2.25. The van der Waals surface area contributed by atoms with E-state index in [1.807, 2.05) is 0 Å². The van der Waals surface area contributed by atoms with Gasteiger partial charge in [-0.05, 0) is 19.3 Å². The summed E-state index contributed by atoms with van der Waals surface area (Å²) in [7, 11) is 2.06. The average Bonchev–Trinajstić information content (AvgIpc) is 1.99. The third kappa shape index (κ3) is 1.86. The minimum absolute atomic E-state index is 1.02. The number of allylic oxidation sites excluding steroid dienone is 1. The number of hydrogen-bond acceptors (Lipinski definition) is 2. The van der Waals surface area contributed by atoms with Crippen molar-refractivity contribution in [1.82, 2.24) is 4.90 Å². The molecule has 0 bridgehead atoms. The maximum absolute atomic E-state index is 5.09. The molecular weight excluding hydrogens is 130 g/mol. The minimum atomic E-state index is 1.02. The van der Waals surface area contributed by atoms with Gasteiger partial charge >= 0.3 is 0 Å². The Kier molecular flexibility index (Phi) is 2.34. The highest BCUT2D eigenvalue weighted by Gasteiger charge is 1.96. The summed E-state index contributed by atoms with van der Waals surface area (Å²) in [4.78, 5) is 2.14. The number of nitrogens with zero attached hydrogens (tertiary/aromatic N) is 1. The van der Waals surface area contributed by atoms with Gasteiger partial charge in [-0.1, -0.05) is 6.08 Å². The molecule has 9 heavy (non-hydrogen) atoms. The van der Waals surface area contributed by atoms with E-state index in [2.05, 4.69) is 18.0 Å². The van der Waals surface area contributed by atoms with E-state index in [9.17, 15) is 0 Å². The maximum atomic E-state index is 5.09. The SMILES string of the molecule is CN1CCCCC=C1[S-]. The molecule has 0 unspecified atom stereocenters. The van der Waals surface area contributed by atoms with Crippen molar-refractivity contribution in [3.63, 3.8) is 0 Å². The van der Waals surface area contributed by atoms with Gasteiger partial charge in [0.25, 0.3) is 0 Å². The monoisotopic (exact) mass is 142 g/mol. The van der Waals surface area contributed by atoms with E-state index in [1.165, 1.54) is 19.3 Å². The van der Waals surface area contributed by atoms with E-state index >= 15 is 0 Å². The molecule has 0 amide bonds. The predicted octanol–water partition coefficient (Wildman–Crippen LogP) is 1.49. The molecule has 0 radical (unpaired) electrons. The molecule has 0 saturated heterocycles. The Balaban J connectivity index is 2.51. The molecule has 1 heterocycles. The Morgan fingerprint density at radius 1 is 1.56 bits per heavy atom. The first-order valence-electron chi connectivity index (χ1n) is 3.39. The smallest absolute Gasteiger partial charge is 0.0153 e. The highest BCUT2D eigenvalue weighted by atomic mass is 32.1. The largest absolute Gasteiger partial charge is 0.763 e. The highest BCUT2D eigenvalue weighted by Crippen LogP contribution is 2.10. The standard InChI is InChI=1S/C7H13NS/c1-8-6-4-2-3-5-7(8)9/h5,9H,2-4,6H2,1H3/p-1. The fourth-order valence-corrected chi connectivity index (χ4v) is 1.19. The van der Waals surface area contributed by atoms with E-state index in [0.29, 0.717) is 0 Å². The second-order valence-electron chi connectivity index (χ2n) is 2.46. The van der Waals surface area contributed by atoms with Gasteiger partial charge < -0.3 is 17.5 Å². The van der Waals surface area contributed by atoms with Crippen LogP contribution >= 0.6 is 0 Å². The average molecular weight is 142 g/mol. The second-order valence-corrected chi connectivity index (χ2v) is 2.88. The van der Waals surface area contributed by atoms with E-state index in [0.717, 1.165) is 11.6 Å². The van der Waals surface area contributed by atoms with Gasteiger partial charge in [0.05, 0.1) is 0 Å². The van der Waals surface area contributed by atoms with E-state index in [1.54, 1.807) is 0 Å². The van der Waals surface area contributed by atoms with Crippen LogP contribution in [0.25, 0.3) is 0 Å². The van der Waals surface area contributed by atoms with Gasteiger partial charge in [-0.3, -0.25) is 0 Å². The molecule has 1 aliphatic heterocycles. The zero-order valence-electron chi connectivity index (χ0n) is 5.76. The zero-order valence-corrected chi connectivity index (χ0v) is 6.58. The van der Waals surface area contributed by atoms with Gasteiger partial charge in [0.1, 0.15) is 0 Å². The van der Waals surface area contributed by atoms with Gasteiger partial charge in [-0.15, -0.1) is 5.03 Å². The molecule has 0 aromatic rings. The fraction of sp³-hybridized carbons (Fsp3) is 0.714. The van der Waals surface area contributed by atoms with Gasteiger partial charge in [0.2, 0.25) is 0 Å². The molecule has 0 atom stereocenters. The zero-order chi connectivity index (χ0) is 6.69. The molecule has 0 aromatic heterocycles. The molecule has 52 valence electrons. The van der Waals surface area contributed by atoms with Crippen LogP contribution in [0.15, 0.2) is 11.1 Å². The van der Waals surface area contributed by atoms with Crippen molar-refractivity contribution in [1.29, 1.82) is 0 Å². The van der Waals surface area contributed by atoms with Gasteiger partial charge in [-0.25, -0.2) is 0 Å². The Morgan fingerprint density at radius 2 is 2.33 bits per heavy atom. The summed E-state index contributed by atoms with van der Waals surface area (Å²) in [6.45, 7) is 1.13. The van der Waals surface area contributed by atoms with Crippen LogP contribution in [0.4, 0.5) is 0 Å². The molecule has 0 spiro atoms. The third-order valence-electron chi connectivity index (χ3n) is 1.64. The van der Waals surface area contributed by atoms with E-state index in [4.69, 9.17) is 12.6 Å². The van der Waals surface area contributed by atoms with Gasteiger partial charge in [0, 0.05) is 13.6 Å². The molecule has 1 nitrogen and oxygen atoms in total. The molecule has 2 heteroatoms. The van der Waals surface area contributed by atoms with Crippen molar-refractivity contribution in [2.75, 3.05) is 13.6 Å². The first-order valence-corrected chi connectivity index (χ1v) is 3.80. The van der Waals surface area contributed by atoms with Crippen molar-refractivity contribution < 1.29 is 0 Å². The number of rotatable bonds is 0. The predicted molar refractivity (Wildman–Crippen MR) is 41.9 cm³/mol. The van der Waals surface area contributed by atoms with E-state index in [-0.39, 0.29) is 0 Å². The first-order chi connectivity index (χ1) is 4.30. The maximum Gasteiger partial charge on any atom is 0.0153 e. The Labute approximate surface area is 62.1 Å². The van der Waals surface area contributed by atoms with Crippen molar-refractivity contribution in [3.05, 3.63) is 11.1 Å². The van der Waals surface area contributed by atoms with Crippen LogP contribution < -0.4 is 0 Å². The molecule has 1 rings (SSSR count). The van der Waals surface area contributed by atoms with Crippen LogP contribution in [-0.4, -0.2) is 18.5 Å². The van der Waals surface area contributed by atoms with E-state index < -0.39 is 0 Å². The molecule has 0 aromatic carbocycles. The van der Waals surface area contributed by atoms with Crippen LogP contribution in [-0.2, 0) is 12.6 Å². The lowest BCUT2D eigenvalue weighted by molar-refractivity contribution is 0.441. The summed E-state index contributed by atoms with van der Waals surface area (Å²) in [5.74, 6) is 0. The Bertz CT molecular complexity index is 120. The molecule has 0 N–H and O–H groups in total. The molecule has 1 aliphatic rings. The molecular formula is C7H12NS-. The van der Waals surface area contributed by atoms with Crippen molar-refractivity contribution in [2.45, 2.75) is 19.3 Å². The Morgan fingerprint density at radius 3 is 3.11 bits per heavy atom. The normalized spacial score (nSPS) is 21.0. The van der Waals surface area contributed by atoms with Crippen LogP contribution in [0.3, 0.4) is 0 Å². The minimum Gasteiger partial charge on any atom is -0.763 e. The van der Waals surface area contributed by atoms with Crippen molar-refractivity contribution in [3.8, 4) is 0 Å². The summed E-state index contributed by atoms with van der Waals surface area (Å²) < 4.78 is 0. The van der Waals surface area contributed by atoms with Crippen molar-refractivity contribution in [2.24, 2.45) is 0 Å². The van der Waals surface area contributed by atoms with Crippen LogP contribution in [0, 0.1) is 0 Å². The Hall–Kier alpha value is -0.240. The fourth-order valence-electron chi connectivity index (χ4n) is 0.985. The second kappa shape index (κ2) is 3.06.